The van der Waals surface area contributed by atoms with Crippen LogP contribution in [0.25, 0.3) is 10.8 Å². The number of nitro benzene ring substituents is 1. The summed E-state index contributed by atoms with van der Waals surface area (Å²) in [6.07, 6.45) is 0. The van der Waals surface area contributed by atoms with Gasteiger partial charge in [0.15, 0.2) is 0 Å². The van der Waals surface area contributed by atoms with Crippen molar-refractivity contribution < 1.29 is 19.6 Å². The fourth-order valence-corrected chi connectivity index (χ4v) is 2.40. The van der Waals surface area contributed by atoms with Gasteiger partial charge in [0.2, 0.25) is 0 Å². The number of ether oxygens (including phenoxy) is 1. The molecule has 0 saturated carbocycles. The van der Waals surface area contributed by atoms with Crippen molar-refractivity contribution in [1.29, 1.82) is 0 Å². The lowest BCUT2D eigenvalue weighted by molar-refractivity contribution is -0.384. The van der Waals surface area contributed by atoms with Crippen LogP contribution in [0.15, 0.2) is 60.7 Å². The summed E-state index contributed by atoms with van der Waals surface area (Å²) in [5, 5.41) is 21.3. The van der Waals surface area contributed by atoms with Crippen LogP contribution in [-0.4, -0.2) is 16.0 Å². The van der Waals surface area contributed by atoms with Crippen molar-refractivity contribution in [3.8, 4) is 5.75 Å². The zero-order chi connectivity index (χ0) is 17.1. The number of nitrogens with zero attached hydrogens (tertiary/aromatic N) is 1. The zero-order valence-electron chi connectivity index (χ0n) is 12.5. The Bertz CT molecular complexity index is 921. The van der Waals surface area contributed by atoms with E-state index in [2.05, 4.69) is 0 Å². The van der Waals surface area contributed by atoms with Crippen LogP contribution in [0.4, 0.5) is 5.69 Å². The Hall–Kier alpha value is -3.41. The van der Waals surface area contributed by atoms with E-state index in [-0.39, 0.29) is 17.9 Å². The molecule has 0 saturated heterocycles. The third-order valence-corrected chi connectivity index (χ3v) is 3.59. The first-order chi connectivity index (χ1) is 11.5. The molecule has 24 heavy (non-hydrogen) atoms. The summed E-state index contributed by atoms with van der Waals surface area (Å²) in [7, 11) is 0. The molecule has 0 heterocycles. The first-order valence-corrected chi connectivity index (χ1v) is 7.17. The molecule has 120 valence electrons. The van der Waals surface area contributed by atoms with Gasteiger partial charge in [-0.3, -0.25) is 10.1 Å². The number of carboxylic acid groups (broad SMARTS) is 1. The fraction of sp³-hybridized carbons (Fsp3) is 0.0556. The number of carbonyl (C=O) groups is 1. The second kappa shape index (κ2) is 6.37. The molecule has 0 radical (unpaired) electrons. The molecular weight excluding hydrogens is 310 g/mol. The maximum Gasteiger partial charge on any atom is 0.335 e. The predicted molar refractivity (Wildman–Crippen MR) is 88.3 cm³/mol. The molecule has 3 aromatic carbocycles. The Morgan fingerprint density at radius 1 is 1.08 bits per heavy atom. The molecule has 3 rings (SSSR count). The van der Waals surface area contributed by atoms with E-state index in [0.29, 0.717) is 16.5 Å². The smallest absolute Gasteiger partial charge is 0.335 e. The maximum absolute atomic E-state index is 11.3. The molecule has 3 aromatic rings. The van der Waals surface area contributed by atoms with Gasteiger partial charge in [0.1, 0.15) is 12.4 Å². The molecule has 0 aliphatic rings. The summed E-state index contributed by atoms with van der Waals surface area (Å²) in [5.74, 6) is -0.780. The van der Waals surface area contributed by atoms with Crippen molar-refractivity contribution in [3.63, 3.8) is 0 Å². The van der Waals surface area contributed by atoms with E-state index in [4.69, 9.17) is 4.74 Å². The van der Waals surface area contributed by atoms with E-state index in [1.165, 1.54) is 30.3 Å². The van der Waals surface area contributed by atoms with E-state index in [1.807, 2.05) is 30.3 Å². The predicted octanol–water partition coefficient (Wildman–Crippen LogP) is 4.03. The third-order valence-electron chi connectivity index (χ3n) is 3.59. The Morgan fingerprint density at radius 2 is 1.83 bits per heavy atom. The van der Waals surface area contributed by atoms with Crippen molar-refractivity contribution in [2.24, 2.45) is 0 Å². The highest BCUT2D eigenvalue weighted by molar-refractivity contribution is 5.98. The highest BCUT2D eigenvalue weighted by Crippen LogP contribution is 2.31. The highest BCUT2D eigenvalue weighted by Gasteiger charge is 2.14. The molecule has 0 atom stereocenters. The fourth-order valence-electron chi connectivity index (χ4n) is 2.40. The van der Waals surface area contributed by atoms with Gasteiger partial charge in [0, 0.05) is 17.5 Å². The number of fused-ring (bicyclic) bond motifs is 1. The summed E-state index contributed by atoms with van der Waals surface area (Å²) < 4.78 is 5.74. The Balaban J connectivity index is 2.06. The van der Waals surface area contributed by atoms with Crippen LogP contribution in [0.1, 0.15) is 15.9 Å². The van der Waals surface area contributed by atoms with Gasteiger partial charge in [-0.05, 0) is 29.1 Å². The summed E-state index contributed by atoms with van der Waals surface area (Å²) in [4.78, 5) is 21.8. The van der Waals surface area contributed by atoms with E-state index >= 15 is 0 Å². The van der Waals surface area contributed by atoms with Crippen LogP contribution in [0.3, 0.4) is 0 Å². The van der Waals surface area contributed by atoms with Crippen molar-refractivity contribution in [3.05, 3.63) is 81.9 Å². The minimum atomic E-state index is -1.08. The SMILES string of the molecule is O=C(O)c1cc(OCc2ccccc2)c2cc([N+](=O)[O-])ccc2c1. The van der Waals surface area contributed by atoms with Crippen molar-refractivity contribution in [2.75, 3.05) is 0 Å². The molecule has 1 N–H and O–H groups in total. The topological polar surface area (TPSA) is 89.7 Å². The molecule has 6 heteroatoms. The van der Waals surface area contributed by atoms with Gasteiger partial charge in [-0.2, -0.15) is 0 Å². The third kappa shape index (κ3) is 3.17. The monoisotopic (exact) mass is 323 g/mol. The van der Waals surface area contributed by atoms with E-state index in [1.54, 1.807) is 0 Å². The summed E-state index contributed by atoms with van der Waals surface area (Å²) in [6.45, 7) is 0.238. The number of nitro groups is 1. The van der Waals surface area contributed by atoms with Crippen LogP contribution in [0, 0.1) is 10.1 Å². The molecule has 0 aliphatic heterocycles. The lowest BCUT2D eigenvalue weighted by atomic mass is 10.0. The van der Waals surface area contributed by atoms with Gasteiger partial charge in [0.25, 0.3) is 5.69 Å². The lowest BCUT2D eigenvalue weighted by Gasteiger charge is -2.11. The second-order valence-electron chi connectivity index (χ2n) is 5.22. The number of rotatable bonds is 5. The van der Waals surface area contributed by atoms with Crippen molar-refractivity contribution >= 4 is 22.4 Å². The van der Waals surface area contributed by atoms with Gasteiger partial charge in [-0.25, -0.2) is 4.79 Å². The average molecular weight is 323 g/mol. The van der Waals surface area contributed by atoms with Crippen LogP contribution in [-0.2, 0) is 6.61 Å². The maximum atomic E-state index is 11.3. The van der Waals surface area contributed by atoms with Gasteiger partial charge in [-0.1, -0.05) is 30.3 Å². The van der Waals surface area contributed by atoms with Crippen molar-refractivity contribution in [1.82, 2.24) is 0 Å². The van der Waals surface area contributed by atoms with Crippen LogP contribution < -0.4 is 4.74 Å². The van der Waals surface area contributed by atoms with Crippen molar-refractivity contribution in [2.45, 2.75) is 6.61 Å². The normalized spacial score (nSPS) is 10.5. The van der Waals surface area contributed by atoms with Gasteiger partial charge >= 0.3 is 5.97 Å². The first-order valence-electron chi connectivity index (χ1n) is 7.17. The number of benzene rings is 3. The Kier molecular flexibility index (Phi) is 4.11. The first kappa shape index (κ1) is 15.5. The second-order valence-corrected chi connectivity index (χ2v) is 5.22. The average Bonchev–Trinajstić information content (AvgIpc) is 2.59. The molecule has 0 aliphatic carbocycles. The summed E-state index contributed by atoms with van der Waals surface area (Å²) >= 11 is 0. The molecule has 0 bridgehead atoms. The summed E-state index contributed by atoms with van der Waals surface area (Å²) in [5.41, 5.74) is 0.909. The quantitative estimate of drug-likeness (QED) is 0.565. The van der Waals surface area contributed by atoms with Gasteiger partial charge in [0.05, 0.1) is 10.5 Å². The molecule has 0 amide bonds. The van der Waals surface area contributed by atoms with Gasteiger partial charge < -0.3 is 9.84 Å². The van der Waals surface area contributed by atoms with E-state index < -0.39 is 10.9 Å². The minimum Gasteiger partial charge on any atom is -0.488 e. The Morgan fingerprint density at radius 3 is 2.50 bits per heavy atom. The Labute approximate surface area is 137 Å². The standard InChI is InChI=1S/C18H13NO5/c20-18(21)14-8-13-6-7-15(19(22)23)10-16(13)17(9-14)24-11-12-4-2-1-3-5-12/h1-10H,11H2,(H,20,21). The number of aromatic carboxylic acids is 1. The van der Waals surface area contributed by atoms with Crippen LogP contribution in [0.2, 0.25) is 0 Å². The molecule has 6 nitrogen and oxygen atoms in total. The zero-order valence-corrected chi connectivity index (χ0v) is 12.5. The number of non-ortho nitro benzene ring substituents is 1. The van der Waals surface area contributed by atoms with Crippen LogP contribution in [0.5, 0.6) is 5.75 Å². The molecule has 0 fully saturated rings. The number of carboxylic acids is 1. The highest BCUT2D eigenvalue weighted by atomic mass is 16.6. The molecule has 0 aromatic heterocycles. The van der Waals surface area contributed by atoms with E-state index in [0.717, 1.165) is 5.56 Å². The molecular formula is C18H13NO5. The van der Waals surface area contributed by atoms with Crippen LogP contribution >= 0.6 is 0 Å². The minimum absolute atomic E-state index is 0.0689. The number of hydrogen-bond acceptors (Lipinski definition) is 4. The molecule has 0 unspecified atom stereocenters. The van der Waals surface area contributed by atoms with Gasteiger partial charge in [-0.15, -0.1) is 0 Å². The lowest BCUT2D eigenvalue weighted by Crippen LogP contribution is -2.01. The largest absolute Gasteiger partial charge is 0.488 e. The number of hydrogen-bond donors (Lipinski definition) is 1. The van der Waals surface area contributed by atoms with E-state index in [9.17, 15) is 20.0 Å². The summed E-state index contributed by atoms with van der Waals surface area (Å²) in [6, 6.07) is 16.5. The molecule has 0 spiro atoms.